The van der Waals surface area contributed by atoms with Crippen LogP contribution in [0.5, 0.6) is 0 Å². The average molecular weight is 313 g/mol. The van der Waals surface area contributed by atoms with Crippen LogP contribution in [0.4, 0.5) is 4.79 Å². The number of ether oxygens (including phenoxy) is 1. The van der Waals surface area contributed by atoms with Gasteiger partial charge in [0, 0.05) is 0 Å². The number of amides is 1. The summed E-state index contributed by atoms with van der Waals surface area (Å²) in [6, 6.07) is 8.37. The van der Waals surface area contributed by atoms with E-state index in [1.54, 1.807) is 45.0 Å². The van der Waals surface area contributed by atoms with Crippen molar-refractivity contribution in [3.8, 4) is 0 Å². The molecule has 1 aliphatic heterocycles. The molecule has 1 aromatic rings. The molecule has 0 spiro atoms. The zero-order valence-electron chi connectivity index (χ0n) is 12.3. The van der Waals surface area contributed by atoms with Crippen LogP contribution in [0.2, 0.25) is 0 Å². The van der Waals surface area contributed by atoms with Crippen molar-refractivity contribution >= 4 is 16.4 Å². The lowest BCUT2D eigenvalue weighted by molar-refractivity contribution is 0.0254. The molecule has 116 valence electrons. The van der Waals surface area contributed by atoms with Gasteiger partial charge in [-0.05, 0) is 32.8 Å². The van der Waals surface area contributed by atoms with Crippen LogP contribution in [0.3, 0.4) is 0 Å². The molecule has 0 saturated carbocycles. The molecular weight excluding hydrogens is 294 g/mol. The molecule has 1 unspecified atom stereocenters. The Morgan fingerprint density at radius 3 is 2.48 bits per heavy atom. The SMILES string of the molecule is CC(C)(C)OC(=O)N1C(c2ccccc2)CCOS1(=O)=O. The maximum absolute atomic E-state index is 12.3. The maximum atomic E-state index is 12.3. The molecule has 0 N–H and O–H groups in total. The molecule has 1 saturated heterocycles. The van der Waals surface area contributed by atoms with E-state index in [2.05, 4.69) is 0 Å². The van der Waals surface area contributed by atoms with E-state index in [4.69, 9.17) is 8.92 Å². The van der Waals surface area contributed by atoms with Crippen molar-refractivity contribution in [1.29, 1.82) is 0 Å². The molecule has 0 aliphatic carbocycles. The smallest absolute Gasteiger partial charge is 0.426 e. The summed E-state index contributed by atoms with van der Waals surface area (Å²) < 4.78 is 34.8. The average Bonchev–Trinajstić information content (AvgIpc) is 2.36. The highest BCUT2D eigenvalue weighted by Crippen LogP contribution is 2.33. The van der Waals surface area contributed by atoms with E-state index in [1.165, 1.54) is 0 Å². The molecular formula is C14H19NO5S. The number of nitrogens with zero attached hydrogens (tertiary/aromatic N) is 1. The van der Waals surface area contributed by atoms with Gasteiger partial charge in [0.25, 0.3) is 0 Å². The number of hydrogen-bond donors (Lipinski definition) is 0. The molecule has 1 aliphatic rings. The normalized spacial score (nSPS) is 21.9. The number of carbonyl (C=O) groups excluding carboxylic acids is 1. The summed E-state index contributed by atoms with van der Waals surface area (Å²) in [5.74, 6) is 0. The van der Waals surface area contributed by atoms with Gasteiger partial charge >= 0.3 is 16.4 Å². The molecule has 7 heteroatoms. The first-order chi connectivity index (χ1) is 9.71. The number of rotatable bonds is 1. The fraction of sp³-hybridized carbons (Fsp3) is 0.500. The second kappa shape index (κ2) is 5.65. The Morgan fingerprint density at radius 2 is 1.90 bits per heavy atom. The first-order valence-corrected chi connectivity index (χ1v) is 8.04. The minimum atomic E-state index is -4.13. The topological polar surface area (TPSA) is 72.9 Å². The molecule has 1 fully saturated rings. The summed E-state index contributed by atoms with van der Waals surface area (Å²) in [4.78, 5) is 12.3. The molecule has 0 bridgehead atoms. The Hall–Kier alpha value is -1.60. The van der Waals surface area contributed by atoms with Crippen molar-refractivity contribution in [3.63, 3.8) is 0 Å². The van der Waals surface area contributed by atoms with Crippen LogP contribution >= 0.6 is 0 Å². The molecule has 0 aromatic heterocycles. The van der Waals surface area contributed by atoms with Gasteiger partial charge in [-0.15, -0.1) is 0 Å². The van der Waals surface area contributed by atoms with Crippen LogP contribution in [0.15, 0.2) is 30.3 Å². The minimum Gasteiger partial charge on any atom is -0.443 e. The van der Waals surface area contributed by atoms with Crippen molar-refractivity contribution in [1.82, 2.24) is 4.31 Å². The third kappa shape index (κ3) is 3.74. The predicted octanol–water partition coefficient (Wildman–Crippen LogP) is 2.63. The summed E-state index contributed by atoms with van der Waals surface area (Å²) in [6.45, 7) is 5.08. The van der Waals surface area contributed by atoms with Crippen LogP contribution in [-0.2, 0) is 19.2 Å². The zero-order valence-corrected chi connectivity index (χ0v) is 13.1. The monoisotopic (exact) mass is 313 g/mol. The highest BCUT2D eigenvalue weighted by molar-refractivity contribution is 7.84. The van der Waals surface area contributed by atoms with E-state index < -0.39 is 28.0 Å². The second-order valence-corrected chi connectivity index (χ2v) is 7.26. The second-order valence-electron chi connectivity index (χ2n) is 5.77. The lowest BCUT2D eigenvalue weighted by Gasteiger charge is -2.35. The molecule has 0 radical (unpaired) electrons. The molecule has 1 atom stereocenters. The van der Waals surface area contributed by atoms with E-state index in [0.717, 1.165) is 5.56 Å². The Balaban J connectivity index is 2.37. The summed E-state index contributed by atoms with van der Waals surface area (Å²) in [7, 11) is -4.13. The molecule has 1 amide bonds. The van der Waals surface area contributed by atoms with Crippen molar-refractivity contribution in [2.75, 3.05) is 6.61 Å². The fourth-order valence-electron chi connectivity index (χ4n) is 2.10. The largest absolute Gasteiger partial charge is 0.443 e. The zero-order chi connectivity index (χ0) is 15.7. The summed E-state index contributed by atoms with van der Waals surface area (Å²) in [6.07, 6.45) is -0.529. The van der Waals surface area contributed by atoms with E-state index in [0.29, 0.717) is 10.7 Å². The van der Waals surface area contributed by atoms with Crippen LogP contribution in [0.25, 0.3) is 0 Å². The van der Waals surface area contributed by atoms with E-state index >= 15 is 0 Å². The third-order valence-electron chi connectivity index (χ3n) is 2.91. The summed E-state index contributed by atoms with van der Waals surface area (Å²) >= 11 is 0. The fourth-order valence-corrected chi connectivity index (χ4v) is 3.28. The van der Waals surface area contributed by atoms with Gasteiger partial charge in [-0.1, -0.05) is 30.3 Å². The standard InChI is InChI=1S/C14H19NO5S/c1-14(2,3)20-13(16)15-12(9-10-19-21(15,17)18)11-7-5-4-6-8-11/h4-8,12H,9-10H2,1-3H3. The Bertz CT molecular complexity index is 606. The van der Waals surface area contributed by atoms with Crippen molar-refractivity contribution in [2.24, 2.45) is 0 Å². The van der Waals surface area contributed by atoms with Gasteiger partial charge in [-0.25, -0.2) is 4.79 Å². The molecule has 2 rings (SSSR count). The first-order valence-electron chi connectivity index (χ1n) is 6.67. The van der Waals surface area contributed by atoms with Gasteiger partial charge in [0.1, 0.15) is 5.60 Å². The lowest BCUT2D eigenvalue weighted by Crippen LogP contribution is -2.46. The van der Waals surface area contributed by atoms with Crippen LogP contribution in [0.1, 0.15) is 38.8 Å². The Morgan fingerprint density at radius 1 is 1.29 bits per heavy atom. The highest BCUT2D eigenvalue weighted by Gasteiger charge is 2.42. The van der Waals surface area contributed by atoms with Crippen LogP contribution < -0.4 is 0 Å². The summed E-state index contributed by atoms with van der Waals surface area (Å²) in [5.41, 5.74) is -0.0547. The quantitative estimate of drug-likeness (QED) is 0.797. The van der Waals surface area contributed by atoms with Gasteiger partial charge in [-0.2, -0.15) is 12.7 Å². The van der Waals surface area contributed by atoms with Crippen LogP contribution in [-0.4, -0.2) is 31.0 Å². The number of benzene rings is 1. The van der Waals surface area contributed by atoms with Gasteiger partial charge < -0.3 is 4.74 Å². The van der Waals surface area contributed by atoms with Gasteiger partial charge in [0.2, 0.25) is 0 Å². The van der Waals surface area contributed by atoms with Crippen molar-refractivity contribution in [2.45, 2.75) is 38.8 Å². The lowest BCUT2D eigenvalue weighted by atomic mass is 10.0. The van der Waals surface area contributed by atoms with Crippen molar-refractivity contribution in [3.05, 3.63) is 35.9 Å². The van der Waals surface area contributed by atoms with E-state index in [-0.39, 0.29) is 6.61 Å². The first kappa shape index (κ1) is 15.8. The number of hydrogen-bond acceptors (Lipinski definition) is 5. The third-order valence-corrected chi connectivity index (χ3v) is 4.26. The van der Waals surface area contributed by atoms with E-state index in [1.807, 2.05) is 6.07 Å². The minimum absolute atomic E-state index is 0.0428. The maximum Gasteiger partial charge on any atom is 0.426 e. The molecule has 21 heavy (non-hydrogen) atoms. The Labute approximate surface area is 124 Å². The van der Waals surface area contributed by atoms with Crippen LogP contribution in [0, 0.1) is 0 Å². The van der Waals surface area contributed by atoms with Gasteiger partial charge in [-0.3, -0.25) is 4.18 Å². The molecule has 1 aromatic carbocycles. The molecule has 6 nitrogen and oxygen atoms in total. The number of carbonyl (C=O) groups is 1. The van der Waals surface area contributed by atoms with Gasteiger partial charge in [0.15, 0.2) is 0 Å². The predicted molar refractivity (Wildman–Crippen MR) is 76.7 cm³/mol. The Kier molecular flexibility index (Phi) is 4.25. The van der Waals surface area contributed by atoms with Gasteiger partial charge in [0.05, 0.1) is 12.6 Å². The highest BCUT2D eigenvalue weighted by atomic mass is 32.2. The van der Waals surface area contributed by atoms with E-state index in [9.17, 15) is 13.2 Å². The van der Waals surface area contributed by atoms with Crippen molar-refractivity contribution < 1.29 is 22.1 Å². The summed E-state index contributed by atoms with van der Waals surface area (Å²) in [5, 5.41) is 0. The molecule has 1 heterocycles.